The lowest BCUT2D eigenvalue weighted by Gasteiger charge is -2.23. The van der Waals surface area contributed by atoms with Crippen molar-refractivity contribution in [2.24, 2.45) is 11.8 Å². The summed E-state index contributed by atoms with van der Waals surface area (Å²) in [7, 11) is 3.19. The van der Waals surface area contributed by atoms with Crippen molar-refractivity contribution in [1.82, 2.24) is 10.2 Å². The third-order valence-corrected chi connectivity index (χ3v) is 3.85. The Morgan fingerprint density at radius 3 is 2.80 bits per heavy atom. The number of halogens is 1. The van der Waals surface area contributed by atoms with Crippen LogP contribution in [-0.2, 0) is 11.3 Å². The summed E-state index contributed by atoms with van der Waals surface area (Å²) in [4.78, 5) is 14.0. The topological polar surface area (TPSA) is 41.6 Å². The second kappa shape index (κ2) is 6.22. The van der Waals surface area contributed by atoms with Gasteiger partial charge in [0.15, 0.2) is 11.6 Å². The Hall–Kier alpha value is -1.62. The lowest BCUT2D eigenvalue weighted by Crippen LogP contribution is -2.35. The zero-order valence-corrected chi connectivity index (χ0v) is 12.1. The minimum absolute atomic E-state index is 0.0168. The molecule has 2 atom stereocenters. The van der Waals surface area contributed by atoms with Crippen LogP contribution in [0.25, 0.3) is 0 Å². The summed E-state index contributed by atoms with van der Waals surface area (Å²) in [5, 5.41) is 3.22. The number of nitrogens with zero attached hydrogens (tertiary/aromatic N) is 1. The van der Waals surface area contributed by atoms with Gasteiger partial charge in [-0.15, -0.1) is 0 Å². The number of benzene rings is 1. The van der Waals surface area contributed by atoms with Gasteiger partial charge in [-0.25, -0.2) is 4.39 Å². The Bertz CT molecular complexity index is 493. The molecule has 0 aromatic heterocycles. The molecule has 0 aliphatic carbocycles. The number of nitrogens with one attached hydrogen (secondary N) is 1. The molecule has 1 fully saturated rings. The van der Waals surface area contributed by atoms with Crippen LogP contribution >= 0.6 is 0 Å². The minimum Gasteiger partial charge on any atom is -0.494 e. The Labute approximate surface area is 118 Å². The zero-order valence-electron chi connectivity index (χ0n) is 12.1. The van der Waals surface area contributed by atoms with Crippen LogP contribution in [0.2, 0.25) is 0 Å². The van der Waals surface area contributed by atoms with Crippen LogP contribution in [0.4, 0.5) is 4.39 Å². The van der Waals surface area contributed by atoms with Crippen LogP contribution in [-0.4, -0.2) is 38.1 Å². The molecule has 5 heteroatoms. The molecule has 1 aromatic rings. The van der Waals surface area contributed by atoms with Gasteiger partial charge in [0, 0.05) is 20.1 Å². The first kappa shape index (κ1) is 14.8. The van der Waals surface area contributed by atoms with Crippen LogP contribution in [0, 0.1) is 17.7 Å². The fourth-order valence-corrected chi connectivity index (χ4v) is 2.58. The van der Waals surface area contributed by atoms with Gasteiger partial charge in [-0.05, 0) is 30.2 Å². The number of methoxy groups -OCH3 is 1. The quantitative estimate of drug-likeness (QED) is 0.912. The molecule has 1 aromatic carbocycles. The Kier molecular flexibility index (Phi) is 4.60. The molecule has 1 aliphatic heterocycles. The third kappa shape index (κ3) is 3.10. The highest BCUT2D eigenvalue weighted by molar-refractivity contribution is 5.79. The normalized spacial score (nSPS) is 21.8. The number of rotatable bonds is 4. The van der Waals surface area contributed by atoms with E-state index in [1.165, 1.54) is 13.2 Å². The first-order valence-electron chi connectivity index (χ1n) is 6.81. The summed E-state index contributed by atoms with van der Waals surface area (Å²) in [5.41, 5.74) is 0.762. The van der Waals surface area contributed by atoms with Crippen LogP contribution in [0.15, 0.2) is 18.2 Å². The van der Waals surface area contributed by atoms with Gasteiger partial charge < -0.3 is 15.0 Å². The fourth-order valence-electron chi connectivity index (χ4n) is 2.58. The fraction of sp³-hybridized carbons (Fsp3) is 0.533. The molecule has 20 heavy (non-hydrogen) atoms. The van der Waals surface area contributed by atoms with Crippen LogP contribution in [0.5, 0.6) is 5.75 Å². The summed E-state index contributed by atoms with van der Waals surface area (Å²) in [5.74, 6) is 0.289. The summed E-state index contributed by atoms with van der Waals surface area (Å²) in [6.45, 7) is 4.08. The summed E-state index contributed by atoms with van der Waals surface area (Å²) < 4.78 is 18.5. The zero-order chi connectivity index (χ0) is 14.7. The van der Waals surface area contributed by atoms with E-state index in [0.717, 1.165) is 18.7 Å². The number of carbonyl (C=O) groups is 1. The number of amides is 1. The molecule has 1 amide bonds. The van der Waals surface area contributed by atoms with Crippen LogP contribution < -0.4 is 10.1 Å². The SMILES string of the molecule is COc1ccc(CN(C)C(=O)[C@@H]2CNC[C@H]2C)cc1F. The lowest BCUT2D eigenvalue weighted by molar-refractivity contribution is -0.135. The summed E-state index contributed by atoms with van der Waals surface area (Å²) >= 11 is 0. The molecule has 0 unspecified atom stereocenters. The Morgan fingerprint density at radius 2 is 2.25 bits per heavy atom. The molecular weight excluding hydrogens is 259 g/mol. The van der Waals surface area contributed by atoms with Crippen molar-refractivity contribution in [1.29, 1.82) is 0 Å². The number of carbonyl (C=O) groups excluding carboxylic acids is 1. The van der Waals surface area contributed by atoms with Crippen molar-refractivity contribution in [3.05, 3.63) is 29.6 Å². The molecule has 1 heterocycles. The van der Waals surface area contributed by atoms with Gasteiger partial charge in [0.1, 0.15) is 0 Å². The molecule has 0 radical (unpaired) electrons. The van der Waals surface area contributed by atoms with Gasteiger partial charge in [0.05, 0.1) is 13.0 Å². The van der Waals surface area contributed by atoms with Gasteiger partial charge in [0.25, 0.3) is 0 Å². The molecule has 0 saturated carbocycles. The smallest absolute Gasteiger partial charge is 0.227 e. The van der Waals surface area contributed by atoms with E-state index in [4.69, 9.17) is 4.74 Å². The van der Waals surface area contributed by atoms with Gasteiger partial charge >= 0.3 is 0 Å². The average molecular weight is 280 g/mol. The molecule has 0 spiro atoms. The minimum atomic E-state index is -0.401. The predicted octanol–water partition coefficient (Wildman–Crippen LogP) is 1.65. The van der Waals surface area contributed by atoms with Crippen LogP contribution in [0.3, 0.4) is 0 Å². The van der Waals surface area contributed by atoms with Crippen molar-refractivity contribution >= 4 is 5.91 Å². The number of hydrogen-bond donors (Lipinski definition) is 1. The van der Waals surface area contributed by atoms with Gasteiger partial charge in [-0.2, -0.15) is 0 Å². The third-order valence-electron chi connectivity index (χ3n) is 3.85. The van der Waals surface area contributed by atoms with Gasteiger partial charge in [-0.1, -0.05) is 13.0 Å². The van der Waals surface area contributed by atoms with E-state index < -0.39 is 5.82 Å². The number of hydrogen-bond acceptors (Lipinski definition) is 3. The molecular formula is C15H21FN2O2. The monoisotopic (exact) mass is 280 g/mol. The maximum Gasteiger partial charge on any atom is 0.227 e. The molecule has 1 saturated heterocycles. The lowest BCUT2D eigenvalue weighted by atomic mass is 9.96. The van der Waals surface area contributed by atoms with Crippen molar-refractivity contribution in [3.63, 3.8) is 0 Å². The predicted molar refractivity (Wildman–Crippen MR) is 74.9 cm³/mol. The summed E-state index contributed by atoms with van der Waals surface area (Å²) in [6.07, 6.45) is 0. The highest BCUT2D eigenvalue weighted by Crippen LogP contribution is 2.21. The van der Waals surface area contributed by atoms with E-state index in [-0.39, 0.29) is 17.6 Å². The van der Waals surface area contributed by atoms with E-state index >= 15 is 0 Å². The Morgan fingerprint density at radius 1 is 1.50 bits per heavy atom. The van der Waals surface area contributed by atoms with Gasteiger partial charge in [0.2, 0.25) is 5.91 Å². The maximum absolute atomic E-state index is 13.6. The molecule has 1 aliphatic rings. The van der Waals surface area contributed by atoms with E-state index in [0.29, 0.717) is 12.5 Å². The molecule has 4 nitrogen and oxygen atoms in total. The summed E-state index contributed by atoms with van der Waals surface area (Å²) in [6, 6.07) is 4.78. The second-order valence-electron chi connectivity index (χ2n) is 5.41. The van der Waals surface area contributed by atoms with Crippen molar-refractivity contribution in [2.75, 3.05) is 27.2 Å². The van der Waals surface area contributed by atoms with Crippen molar-refractivity contribution in [3.8, 4) is 5.75 Å². The Balaban J connectivity index is 2.02. The second-order valence-corrected chi connectivity index (χ2v) is 5.41. The van der Waals surface area contributed by atoms with Crippen LogP contribution in [0.1, 0.15) is 12.5 Å². The first-order valence-corrected chi connectivity index (χ1v) is 6.81. The van der Waals surface area contributed by atoms with E-state index in [1.54, 1.807) is 24.1 Å². The molecule has 0 bridgehead atoms. The van der Waals surface area contributed by atoms with Gasteiger partial charge in [-0.3, -0.25) is 4.79 Å². The van der Waals surface area contributed by atoms with E-state index in [2.05, 4.69) is 12.2 Å². The van der Waals surface area contributed by atoms with Crippen molar-refractivity contribution < 1.29 is 13.9 Å². The molecule has 1 N–H and O–H groups in total. The largest absolute Gasteiger partial charge is 0.494 e. The van der Waals surface area contributed by atoms with Crippen molar-refractivity contribution in [2.45, 2.75) is 13.5 Å². The van der Waals surface area contributed by atoms with E-state index in [1.807, 2.05) is 0 Å². The van der Waals surface area contributed by atoms with E-state index in [9.17, 15) is 9.18 Å². The highest BCUT2D eigenvalue weighted by atomic mass is 19.1. The molecule has 110 valence electrons. The number of ether oxygens (including phenoxy) is 1. The average Bonchev–Trinajstić information content (AvgIpc) is 2.84. The standard InChI is InChI=1S/C15H21FN2O2/c1-10-7-17-8-12(10)15(19)18(2)9-11-4-5-14(20-3)13(16)6-11/h4-6,10,12,17H,7-9H2,1-3H3/t10-,12-/m1/s1. The maximum atomic E-state index is 13.6. The molecule has 2 rings (SSSR count). The highest BCUT2D eigenvalue weighted by Gasteiger charge is 2.31. The first-order chi connectivity index (χ1) is 9.52.